The van der Waals surface area contributed by atoms with E-state index in [0.717, 1.165) is 90.7 Å². The van der Waals surface area contributed by atoms with Gasteiger partial charge < -0.3 is 29.1 Å². The summed E-state index contributed by atoms with van der Waals surface area (Å²) in [6.07, 6.45) is 0. The summed E-state index contributed by atoms with van der Waals surface area (Å²) in [4.78, 5) is 9.53. The predicted octanol–water partition coefficient (Wildman–Crippen LogP) is 14.3. The Balaban J connectivity index is 1.04. The number of fused-ring (bicyclic) bond motifs is 8. The summed E-state index contributed by atoms with van der Waals surface area (Å²) < 4.78 is 14.2. The molecule has 8 heteroatoms. The van der Waals surface area contributed by atoms with Crippen molar-refractivity contribution in [3.8, 4) is 23.0 Å². The number of anilines is 12. The third-order valence-electron chi connectivity index (χ3n) is 14.2. The molecule has 0 N–H and O–H groups in total. The van der Waals surface area contributed by atoms with Gasteiger partial charge in [-0.3, -0.25) is 0 Å². The number of hydrogen-bond donors (Lipinski definition) is 0. The van der Waals surface area contributed by atoms with E-state index in [2.05, 4.69) is 270 Å². The van der Waals surface area contributed by atoms with Gasteiger partial charge in [-0.2, -0.15) is 0 Å². The molecule has 0 saturated carbocycles. The van der Waals surface area contributed by atoms with Crippen molar-refractivity contribution in [2.45, 2.75) is 0 Å². The van der Waals surface area contributed by atoms with Gasteiger partial charge in [0.2, 0.25) is 7.28 Å². The summed E-state index contributed by atoms with van der Waals surface area (Å²) in [6.45, 7) is -0.150. The van der Waals surface area contributed by atoms with Crippen molar-refractivity contribution in [3.05, 3.63) is 273 Å². The van der Waals surface area contributed by atoms with Crippen LogP contribution in [0.4, 0.5) is 68.2 Å². The highest BCUT2D eigenvalue weighted by Crippen LogP contribution is 2.49. The minimum atomic E-state index is -0.150. The van der Waals surface area contributed by atoms with Crippen molar-refractivity contribution >= 4 is 110 Å². The maximum Gasteiger partial charge on any atom is 0.252 e. The molecule has 0 amide bonds. The smallest absolute Gasteiger partial charge is 0.252 e. The van der Waals surface area contributed by atoms with Gasteiger partial charge in [-0.15, -0.1) is 0 Å². The van der Waals surface area contributed by atoms with E-state index < -0.39 is 0 Å². The number of hydrogen-bond acceptors (Lipinski definition) is 6. The fourth-order valence-electron chi connectivity index (χ4n) is 11.1. The van der Waals surface area contributed by atoms with Crippen LogP contribution in [0.2, 0.25) is 0 Å². The second-order valence-corrected chi connectivity index (χ2v) is 18.7. The van der Waals surface area contributed by atoms with Crippen molar-refractivity contribution in [3.63, 3.8) is 0 Å². The van der Waals surface area contributed by atoms with E-state index in [4.69, 9.17) is 9.47 Å². The van der Waals surface area contributed by atoms with Crippen molar-refractivity contribution < 1.29 is 9.47 Å². The van der Waals surface area contributed by atoms with Crippen molar-refractivity contribution in [2.75, 3.05) is 19.6 Å². The Bertz CT molecular complexity index is 3770. The highest BCUT2D eigenvalue weighted by molar-refractivity contribution is 7.00. The van der Waals surface area contributed by atoms with Crippen LogP contribution in [-0.4, -0.2) is 14.0 Å². The zero-order valence-corrected chi connectivity index (χ0v) is 40.2. The summed E-state index contributed by atoms with van der Waals surface area (Å²) in [7, 11) is 2.22. The maximum absolute atomic E-state index is 7.34. The lowest BCUT2D eigenvalue weighted by atomic mass is 9.33. The van der Waals surface area contributed by atoms with Crippen LogP contribution in [0.3, 0.4) is 0 Å². The Kier molecular flexibility index (Phi) is 10.6. The maximum atomic E-state index is 7.34. The second kappa shape index (κ2) is 18.2. The molecular formula is C66H45B2N4O2. The van der Waals surface area contributed by atoms with Gasteiger partial charge in [-0.1, -0.05) is 152 Å². The van der Waals surface area contributed by atoms with Crippen LogP contribution >= 0.6 is 0 Å². The van der Waals surface area contributed by atoms with Crippen LogP contribution in [0.5, 0.6) is 23.0 Å². The van der Waals surface area contributed by atoms with Crippen molar-refractivity contribution in [2.24, 2.45) is 0 Å². The molecule has 0 spiro atoms. The van der Waals surface area contributed by atoms with Gasteiger partial charge in [0.15, 0.2) is 0 Å². The van der Waals surface area contributed by atoms with Gasteiger partial charge in [0, 0.05) is 81.1 Å². The van der Waals surface area contributed by atoms with Gasteiger partial charge in [0.05, 0.1) is 11.4 Å². The van der Waals surface area contributed by atoms with Gasteiger partial charge >= 0.3 is 0 Å². The van der Waals surface area contributed by atoms with E-state index in [1.807, 2.05) is 30.3 Å². The Hall–Kier alpha value is -9.65. The third-order valence-corrected chi connectivity index (χ3v) is 14.2. The molecule has 347 valence electrons. The average Bonchev–Trinajstić information content (AvgIpc) is 3.49. The fraction of sp³-hybridized carbons (Fsp3) is 0. The molecule has 6 nitrogen and oxygen atoms in total. The predicted molar refractivity (Wildman–Crippen MR) is 308 cm³/mol. The lowest BCUT2D eigenvalue weighted by Crippen LogP contribution is -2.62. The number of para-hydroxylation sites is 8. The van der Waals surface area contributed by atoms with E-state index >= 15 is 0 Å². The summed E-state index contributed by atoms with van der Waals surface area (Å²) in [5.74, 6) is 2.79. The highest BCUT2D eigenvalue weighted by Gasteiger charge is 2.44. The minimum absolute atomic E-state index is 0.150. The van der Waals surface area contributed by atoms with Crippen LogP contribution in [0.1, 0.15) is 0 Å². The molecule has 0 atom stereocenters. The van der Waals surface area contributed by atoms with Crippen LogP contribution in [-0.2, 0) is 0 Å². The first-order valence-electron chi connectivity index (χ1n) is 25.1. The molecule has 0 fully saturated rings. The molecule has 3 heterocycles. The monoisotopic (exact) mass is 947 g/mol. The van der Waals surface area contributed by atoms with E-state index in [-0.39, 0.29) is 6.71 Å². The largest absolute Gasteiger partial charge is 0.458 e. The van der Waals surface area contributed by atoms with E-state index in [1.165, 1.54) is 16.4 Å². The second-order valence-electron chi connectivity index (χ2n) is 18.7. The molecule has 11 aromatic rings. The van der Waals surface area contributed by atoms with Crippen molar-refractivity contribution in [1.82, 2.24) is 0 Å². The molecule has 0 aliphatic carbocycles. The minimum Gasteiger partial charge on any atom is -0.458 e. The SMILES string of the molecule is [B]1c2ccccc2Oc2cc(cc(N(c3ccccc3)c3ccccc3)c2)Oc2cc3c(cc21)B1c2ccccc2N(c2ccccc2)c2cc(N(c4ccccc4)c4ccccc4)cc(c21)N3c1ccccc1. The van der Waals surface area contributed by atoms with Crippen LogP contribution in [0, 0.1) is 0 Å². The van der Waals surface area contributed by atoms with Gasteiger partial charge in [-0.05, 0) is 124 Å². The summed E-state index contributed by atoms with van der Waals surface area (Å²) >= 11 is 0. The first-order chi connectivity index (χ1) is 36.7. The normalized spacial score (nSPS) is 12.6. The first-order valence-corrected chi connectivity index (χ1v) is 25.1. The molecule has 0 saturated heterocycles. The molecule has 3 aliphatic heterocycles. The number of benzene rings is 11. The molecule has 3 aliphatic rings. The Morgan fingerprint density at radius 1 is 0.311 bits per heavy atom. The summed E-state index contributed by atoms with van der Waals surface area (Å²) in [5, 5.41) is 0. The Labute approximate surface area is 432 Å². The fourth-order valence-corrected chi connectivity index (χ4v) is 11.1. The van der Waals surface area contributed by atoms with Crippen LogP contribution in [0.15, 0.2) is 273 Å². The molecule has 14 rings (SSSR count). The molecular weight excluding hydrogens is 902 g/mol. The first kappa shape index (κ1) is 43.2. The van der Waals surface area contributed by atoms with Crippen molar-refractivity contribution in [1.29, 1.82) is 0 Å². The van der Waals surface area contributed by atoms with Gasteiger partial charge in [0.25, 0.3) is 6.71 Å². The molecule has 0 aromatic heterocycles. The number of ether oxygens (including phenoxy) is 2. The third kappa shape index (κ3) is 7.55. The van der Waals surface area contributed by atoms with E-state index in [1.54, 1.807) is 0 Å². The van der Waals surface area contributed by atoms with E-state index in [9.17, 15) is 0 Å². The summed E-state index contributed by atoms with van der Waals surface area (Å²) in [6, 6.07) is 96.6. The quantitative estimate of drug-likeness (QED) is 0.141. The zero-order valence-electron chi connectivity index (χ0n) is 40.2. The standard InChI is InChI=1S/C66H45B2N4O2/c1-7-23-46(24-8-1)69(47-25-9-2-10-26-47)52-39-54-43-55(40-52)74-65-45-61-59(44-57(65)67-56-35-19-22-38-64(56)73-54)68-58-36-20-21-37-60(58)71(50-31-15-5-16-32-50)62-41-53(42-63(66(62)68)72(61)51-33-17-6-18-34-51)70(48-27-11-3-12-28-48)49-29-13-4-14-30-49/h1-45H. The topological polar surface area (TPSA) is 31.4 Å². The highest BCUT2D eigenvalue weighted by atomic mass is 16.5. The van der Waals surface area contributed by atoms with Gasteiger partial charge in [0.1, 0.15) is 23.0 Å². The van der Waals surface area contributed by atoms with Crippen LogP contribution in [0.25, 0.3) is 0 Å². The molecule has 74 heavy (non-hydrogen) atoms. The molecule has 0 unspecified atom stereocenters. The number of nitrogens with zero attached hydrogens (tertiary/aromatic N) is 4. The van der Waals surface area contributed by atoms with Crippen LogP contribution < -0.4 is 56.4 Å². The number of rotatable bonds is 8. The summed E-state index contributed by atoms with van der Waals surface area (Å²) in [5.41, 5.74) is 18.1. The molecule has 11 aromatic carbocycles. The zero-order chi connectivity index (χ0) is 49.0. The lowest BCUT2D eigenvalue weighted by Gasteiger charge is -2.45. The Morgan fingerprint density at radius 2 is 0.743 bits per heavy atom. The van der Waals surface area contributed by atoms with Gasteiger partial charge in [-0.25, -0.2) is 0 Å². The van der Waals surface area contributed by atoms with E-state index in [0.29, 0.717) is 11.5 Å². The lowest BCUT2D eigenvalue weighted by molar-refractivity contribution is 0.463. The Morgan fingerprint density at radius 3 is 1.28 bits per heavy atom. The average molecular weight is 948 g/mol. The molecule has 1 radical (unpaired) electrons. The molecule has 2 bridgehead atoms.